The standard InChI is InChI=1S/C17H18ClNO3/c1-12(11-22-16-9-5-14(18)6-10-16)19-17(20)13-3-7-15(21-2)8-4-13/h3-10,12H,11H2,1-2H3,(H,19,20)/t12-/m1/s1. The van der Waals surface area contributed by atoms with Crippen molar-refractivity contribution in [3.05, 3.63) is 59.1 Å². The van der Waals surface area contributed by atoms with Gasteiger partial charge in [0, 0.05) is 10.6 Å². The lowest BCUT2D eigenvalue weighted by molar-refractivity contribution is 0.0926. The number of amides is 1. The van der Waals surface area contributed by atoms with Crippen LogP contribution in [-0.4, -0.2) is 25.7 Å². The Bertz CT molecular complexity index is 611. The van der Waals surface area contributed by atoms with Crippen LogP contribution >= 0.6 is 11.6 Å². The number of methoxy groups -OCH3 is 1. The van der Waals surface area contributed by atoms with Crippen LogP contribution in [0.2, 0.25) is 5.02 Å². The van der Waals surface area contributed by atoms with Crippen LogP contribution in [0.4, 0.5) is 0 Å². The van der Waals surface area contributed by atoms with Crippen LogP contribution in [0.25, 0.3) is 0 Å². The van der Waals surface area contributed by atoms with Gasteiger partial charge in [0.2, 0.25) is 0 Å². The number of hydrogen-bond donors (Lipinski definition) is 1. The molecule has 0 saturated carbocycles. The zero-order valence-electron chi connectivity index (χ0n) is 12.5. The minimum Gasteiger partial charge on any atom is -0.497 e. The zero-order valence-corrected chi connectivity index (χ0v) is 13.3. The molecule has 0 spiro atoms. The first-order valence-corrected chi connectivity index (χ1v) is 7.29. The molecule has 1 amide bonds. The number of halogens is 1. The van der Waals surface area contributed by atoms with Crippen molar-refractivity contribution >= 4 is 17.5 Å². The van der Waals surface area contributed by atoms with Gasteiger partial charge in [-0.25, -0.2) is 0 Å². The predicted molar refractivity (Wildman–Crippen MR) is 86.9 cm³/mol. The lowest BCUT2D eigenvalue weighted by Crippen LogP contribution is -2.36. The summed E-state index contributed by atoms with van der Waals surface area (Å²) in [6.45, 7) is 2.26. The van der Waals surface area contributed by atoms with E-state index in [0.717, 1.165) is 11.5 Å². The van der Waals surface area contributed by atoms with Crippen LogP contribution < -0.4 is 14.8 Å². The fourth-order valence-electron chi connectivity index (χ4n) is 1.84. The molecule has 2 aromatic rings. The molecule has 4 nitrogen and oxygen atoms in total. The Balaban J connectivity index is 1.83. The Morgan fingerprint density at radius 2 is 1.68 bits per heavy atom. The lowest BCUT2D eigenvalue weighted by Gasteiger charge is -2.15. The molecule has 2 aromatic carbocycles. The van der Waals surface area contributed by atoms with E-state index >= 15 is 0 Å². The number of benzene rings is 2. The molecular formula is C17H18ClNO3. The molecule has 116 valence electrons. The van der Waals surface area contributed by atoms with Gasteiger partial charge in [0.15, 0.2) is 0 Å². The molecule has 0 aliphatic heterocycles. The van der Waals surface area contributed by atoms with Gasteiger partial charge in [0.25, 0.3) is 5.91 Å². The van der Waals surface area contributed by atoms with Gasteiger partial charge >= 0.3 is 0 Å². The molecule has 1 N–H and O–H groups in total. The summed E-state index contributed by atoms with van der Waals surface area (Å²) in [6.07, 6.45) is 0. The maximum atomic E-state index is 12.1. The van der Waals surface area contributed by atoms with E-state index in [9.17, 15) is 4.79 Å². The maximum Gasteiger partial charge on any atom is 0.251 e. The molecule has 2 rings (SSSR count). The average Bonchev–Trinajstić information content (AvgIpc) is 2.54. The number of carbonyl (C=O) groups excluding carboxylic acids is 1. The Morgan fingerprint density at radius 3 is 2.27 bits per heavy atom. The van der Waals surface area contributed by atoms with Crippen molar-refractivity contribution in [2.45, 2.75) is 13.0 Å². The molecule has 0 unspecified atom stereocenters. The van der Waals surface area contributed by atoms with E-state index in [1.54, 1.807) is 55.6 Å². The van der Waals surface area contributed by atoms with Crippen LogP contribution in [0.3, 0.4) is 0 Å². The lowest BCUT2D eigenvalue weighted by atomic mass is 10.2. The van der Waals surface area contributed by atoms with Crippen LogP contribution in [0.5, 0.6) is 11.5 Å². The summed E-state index contributed by atoms with van der Waals surface area (Å²) in [5.41, 5.74) is 0.583. The van der Waals surface area contributed by atoms with E-state index < -0.39 is 0 Å². The molecule has 0 aromatic heterocycles. The largest absolute Gasteiger partial charge is 0.497 e. The van der Waals surface area contributed by atoms with Gasteiger partial charge in [0.1, 0.15) is 18.1 Å². The number of ether oxygens (including phenoxy) is 2. The maximum absolute atomic E-state index is 12.1. The third kappa shape index (κ3) is 4.67. The topological polar surface area (TPSA) is 47.6 Å². The highest BCUT2D eigenvalue weighted by molar-refractivity contribution is 6.30. The molecule has 0 aliphatic rings. The van der Waals surface area contributed by atoms with Gasteiger partial charge in [-0.15, -0.1) is 0 Å². The van der Waals surface area contributed by atoms with Crippen molar-refractivity contribution in [1.82, 2.24) is 5.32 Å². The van der Waals surface area contributed by atoms with E-state index in [0.29, 0.717) is 17.2 Å². The number of nitrogens with one attached hydrogen (secondary N) is 1. The summed E-state index contributed by atoms with van der Waals surface area (Å²) in [5.74, 6) is 1.29. The first kappa shape index (κ1) is 16.2. The molecule has 0 aliphatic carbocycles. The quantitative estimate of drug-likeness (QED) is 0.885. The second-order valence-electron chi connectivity index (χ2n) is 4.87. The Morgan fingerprint density at radius 1 is 1.09 bits per heavy atom. The van der Waals surface area contributed by atoms with Gasteiger partial charge in [-0.05, 0) is 55.5 Å². The Hall–Kier alpha value is -2.20. The molecule has 1 atom stereocenters. The van der Waals surface area contributed by atoms with Crippen LogP contribution in [-0.2, 0) is 0 Å². The fourth-order valence-corrected chi connectivity index (χ4v) is 1.97. The Kier molecular flexibility index (Phi) is 5.67. The third-order valence-electron chi connectivity index (χ3n) is 3.04. The molecule has 0 fully saturated rings. The van der Waals surface area contributed by atoms with Crippen molar-refractivity contribution in [2.75, 3.05) is 13.7 Å². The summed E-state index contributed by atoms with van der Waals surface area (Å²) in [5, 5.41) is 3.54. The van der Waals surface area contributed by atoms with Crippen LogP contribution in [0.15, 0.2) is 48.5 Å². The third-order valence-corrected chi connectivity index (χ3v) is 3.30. The minimum atomic E-state index is -0.144. The normalized spacial score (nSPS) is 11.6. The molecule has 0 saturated heterocycles. The van der Waals surface area contributed by atoms with E-state index in [1.807, 2.05) is 6.92 Å². The van der Waals surface area contributed by atoms with Gasteiger partial charge < -0.3 is 14.8 Å². The van der Waals surface area contributed by atoms with Crippen molar-refractivity contribution in [3.8, 4) is 11.5 Å². The van der Waals surface area contributed by atoms with Crippen molar-refractivity contribution in [3.63, 3.8) is 0 Å². The van der Waals surface area contributed by atoms with Gasteiger partial charge in [-0.2, -0.15) is 0 Å². The fraction of sp³-hybridized carbons (Fsp3) is 0.235. The van der Waals surface area contributed by atoms with Gasteiger partial charge in [-0.3, -0.25) is 4.79 Å². The average molecular weight is 320 g/mol. The number of carbonyl (C=O) groups is 1. The molecule has 0 heterocycles. The number of rotatable bonds is 6. The molecule has 22 heavy (non-hydrogen) atoms. The highest BCUT2D eigenvalue weighted by atomic mass is 35.5. The summed E-state index contributed by atoms with van der Waals surface area (Å²) in [4.78, 5) is 12.1. The summed E-state index contributed by atoms with van der Waals surface area (Å²) in [6, 6.07) is 13.9. The number of hydrogen-bond acceptors (Lipinski definition) is 3. The summed E-state index contributed by atoms with van der Waals surface area (Å²) in [7, 11) is 1.59. The van der Waals surface area contributed by atoms with Crippen LogP contribution in [0, 0.1) is 0 Å². The molecular weight excluding hydrogens is 302 g/mol. The second kappa shape index (κ2) is 7.71. The summed E-state index contributed by atoms with van der Waals surface area (Å²) >= 11 is 5.81. The zero-order chi connectivity index (χ0) is 15.9. The highest BCUT2D eigenvalue weighted by Crippen LogP contribution is 2.15. The SMILES string of the molecule is COc1ccc(C(=O)N[C@H](C)COc2ccc(Cl)cc2)cc1. The van der Waals surface area contributed by atoms with E-state index in [1.165, 1.54) is 0 Å². The first-order valence-electron chi connectivity index (χ1n) is 6.92. The predicted octanol–water partition coefficient (Wildman–Crippen LogP) is 3.55. The van der Waals surface area contributed by atoms with E-state index in [4.69, 9.17) is 21.1 Å². The molecule has 0 radical (unpaired) electrons. The molecule has 0 bridgehead atoms. The second-order valence-corrected chi connectivity index (χ2v) is 5.30. The summed E-state index contributed by atoms with van der Waals surface area (Å²) < 4.78 is 10.7. The van der Waals surface area contributed by atoms with Crippen molar-refractivity contribution < 1.29 is 14.3 Å². The minimum absolute atomic E-state index is 0.120. The van der Waals surface area contributed by atoms with Crippen molar-refractivity contribution in [2.24, 2.45) is 0 Å². The van der Waals surface area contributed by atoms with Gasteiger partial charge in [0.05, 0.1) is 13.2 Å². The Labute approximate surface area is 135 Å². The molecule has 5 heteroatoms. The first-order chi connectivity index (χ1) is 10.6. The van der Waals surface area contributed by atoms with E-state index in [2.05, 4.69) is 5.32 Å². The monoisotopic (exact) mass is 319 g/mol. The van der Waals surface area contributed by atoms with Crippen molar-refractivity contribution in [1.29, 1.82) is 0 Å². The highest BCUT2D eigenvalue weighted by Gasteiger charge is 2.10. The van der Waals surface area contributed by atoms with Gasteiger partial charge in [-0.1, -0.05) is 11.6 Å². The van der Waals surface area contributed by atoms with E-state index in [-0.39, 0.29) is 11.9 Å². The smallest absolute Gasteiger partial charge is 0.251 e. The van der Waals surface area contributed by atoms with Crippen LogP contribution in [0.1, 0.15) is 17.3 Å².